The minimum Gasteiger partial charge on any atom is -0.444 e. The van der Waals surface area contributed by atoms with E-state index < -0.39 is 5.54 Å². The molecule has 5 nitrogen and oxygen atoms in total. The van der Waals surface area contributed by atoms with Crippen molar-refractivity contribution in [3.05, 3.63) is 17.8 Å². The molecule has 108 valence electrons. The number of hydrogen-bond donors (Lipinski definition) is 2. The molecule has 1 aromatic rings. The lowest BCUT2D eigenvalue weighted by Crippen LogP contribution is -2.54. The molecule has 1 aromatic heterocycles. The van der Waals surface area contributed by atoms with E-state index in [1.54, 1.807) is 6.20 Å². The molecule has 0 saturated heterocycles. The number of nitrogens with zero attached hydrogens (tertiary/aromatic N) is 1. The molecule has 1 amide bonds. The molecule has 1 aliphatic carbocycles. The van der Waals surface area contributed by atoms with Gasteiger partial charge in [0, 0.05) is 6.42 Å². The average Bonchev–Trinajstić information content (AvgIpc) is 2.84. The van der Waals surface area contributed by atoms with Crippen molar-refractivity contribution in [2.45, 2.75) is 57.5 Å². The zero-order chi connectivity index (χ0) is 13.0. The van der Waals surface area contributed by atoms with E-state index in [1.165, 1.54) is 6.42 Å². The average molecular weight is 288 g/mol. The van der Waals surface area contributed by atoms with Crippen molar-refractivity contribution in [3.63, 3.8) is 0 Å². The Morgan fingerprint density at radius 2 is 2.16 bits per heavy atom. The van der Waals surface area contributed by atoms with E-state index in [4.69, 9.17) is 10.2 Å². The van der Waals surface area contributed by atoms with Crippen LogP contribution in [-0.4, -0.2) is 16.4 Å². The van der Waals surface area contributed by atoms with Crippen LogP contribution >= 0.6 is 12.4 Å². The van der Waals surface area contributed by atoms with Crippen LogP contribution in [0, 0.1) is 0 Å². The van der Waals surface area contributed by atoms with Crippen molar-refractivity contribution in [1.82, 2.24) is 10.3 Å². The number of aryl methyl sites for hydroxylation is 1. The molecule has 19 heavy (non-hydrogen) atoms. The molecule has 1 heterocycles. The number of aromatic nitrogens is 1. The van der Waals surface area contributed by atoms with Gasteiger partial charge in [0.1, 0.15) is 5.76 Å². The molecular formula is C13H22ClN3O2. The van der Waals surface area contributed by atoms with Crippen molar-refractivity contribution >= 4 is 18.3 Å². The fourth-order valence-corrected chi connectivity index (χ4v) is 2.33. The molecule has 0 aliphatic heterocycles. The van der Waals surface area contributed by atoms with Gasteiger partial charge < -0.3 is 15.5 Å². The third-order valence-corrected chi connectivity index (χ3v) is 3.55. The van der Waals surface area contributed by atoms with Crippen LogP contribution in [0.4, 0.5) is 0 Å². The number of amides is 1. The number of hydrogen-bond acceptors (Lipinski definition) is 4. The number of oxazole rings is 1. The van der Waals surface area contributed by atoms with Gasteiger partial charge in [0.05, 0.1) is 18.3 Å². The van der Waals surface area contributed by atoms with E-state index in [0.717, 1.165) is 37.9 Å². The maximum atomic E-state index is 12.1. The van der Waals surface area contributed by atoms with Gasteiger partial charge in [-0.2, -0.15) is 0 Å². The van der Waals surface area contributed by atoms with E-state index in [1.807, 2.05) is 6.92 Å². The highest BCUT2D eigenvalue weighted by atomic mass is 35.5. The molecule has 0 radical (unpaired) electrons. The number of carbonyl (C=O) groups excluding carboxylic acids is 1. The molecule has 0 spiro atoms. The Balaban J connectivity index is 0.00000180. The van der Waals surface area contributed by atoms with Crippen LogP contribution < -0.4 is 11.1 Å². The van der Waals surface area contributed by atoms with Crippen molar-refractivity contribution < 1.29 is 9.21 Å². The Bertz CT molecular complexity index is 414. The van der Waals surface area contributed by atoms with Gasteiger partial charge in [0.25, 0.3) is 0 Å². The van der Waals surface area contributed by atoms with Crippen LogP contribution in [0.1, 0.15) is 50.7 Å². The first-order valence-electron chi connectivity index (χ1n) is 6.65. The van der Waals surface area contributed by atoms with Crippen LogP contribution in [0.2, 0.25) is 0 Å². The molecule has 2 rings (SSSR count). The Morgan fingerprint density at radius 1 is 1.47 bits per heavy atom. The van der Waals surface area contributed by atoms with Crippen LogP contribution in [0.3, 0.4) is 0 Å². The van der Waals surface area contributed by atoms with Crippen LogP contribution in [0.5, 0.6) is 0 Å². The third-order valence-electron chi connectivity index (χ3n) is 3.55. The summed E-state index contributed by atoms with van der Waals surface area (Å²) in [4.78, 5) is 16.2. The molecule has 0 bridgehead atoms. The zero-order valence-electron chi connectivity index (χ0n) is 11.3. The molecule has 0 aromatic carbocycles. The summed E-state index contributed by atoms with van der Waals surface area (Å²) >= 11 is 0. The first kappa shape index (κ1) is 16.0. The minimum absolute atomic E-state index is 0. The summed E-state index contributed by atoms with van der Waals surface area (Å²) in [5.41, 5.74) is 5.44. The number of nitrogens with two attached hydrogens (primary N) is 1. The summed E-state index contributed by atoms with van der Waals surface area (Å²) in [6.07, 6.45) is 7.27. The molecule has 0 unspecified atom stereocenters. The predicted molar refractivity (Wildman–Crippen MR) is 75.0 cm³/mol. The van der Waals surface area contributed by atoms with E-state index in [0.29, 0.717) is 12.4 Å². The summed E-state index contributed by atoms with van der Waals surface area (Å²) in [6, 6.07) is 0. The molecule has 1 aliphatic rings. The summed E-state index contributed by atoms with van der Waals surface area (Å²) in [7, 11) is 0. The molecule has 0 atom stereocenters. The Morgan fingerprint density at radius 3 is 2.74 bits per heavy atom. The standard InChI is InChI=1S/C13H21N3O2.ClH/c1-2-10-8-15-11(18-10)9-16-12(17)13(14)6-4-3-5-7-13;/h8H,2-7,9,14H2,1H3,(H,16,17);1H. The Kier molecular flexibility index (Phi) is 5.82. The van der Waals surface area contributed by atoms with Crippen LogP contribution in [0.15, 0.2) is 10.6 Å². The largest absolute Gasteiger partial charge is 0.444 e. The van der Waals surface area contributed by atoms with Gasteiger partial charge in [0.15, 0.2) is 0 Å². The maximum Gasteiger partial charge on any atom is 0.240 e. The van der Waals surface area contributed by atoms with Gasteiger partial charge in [-0.25, -0.2) is 4.98 Å². The summed E-state index contributed by atoms with van der Waals surface area (Å²) in [6.45, 7) is 2.32. The van der Waals surface area contributed by atoms with E-state index in [9.17, 15) is 4.79 Å². The van der Waals surface area contributed by atoms with Crippen molar-refractivity contribution in [3.8, 4) is 0 Å². The molecule has 6 heteroatoms. The first-order chi connectivity index (χ1) is 8.64. The Labute approximate surface area is 119 Å². The maximum absolute atomic E-state index is 12.1. The van der Waals surface area contributed by atoms with Crippen LogP contribution in [0.25, 0.3) is 0 Å². The lowest BCUT2D eigenvalue weighted by Gasteiger charge is -2.31. The topological polar surface area (TPSA) is 81.2 Å². The fourth-order valence-electron chi connectivity index (χ4n) is 2.33. The van der Waals surface area contributed by atoms with Gasteiger partial charge in [-0.3, -0.25) is 4.79 Å². The lowest BCUT2D eigenvalue weighted by molar-refractivity contribution is -0.127. The third kappa shape index (κ3) is 3.94. The molecular weight excluding hydrogens is 266 g/mol. The predicted octanol–water partition coefficient (Wildman–Crippen LogP) is 1.94. The van der Waals surface area contributed by atoms with Gasteiger partial charge in [-0.05, 0) is 12.8 Å². The summed E-state index contributed by atoms with van der Waals surface area (Å²) in [5.74, 6) is 1.29. The second-order valence-corrected chi connectivity index (χ2v) is 4.97. The number of carbonyl (C=O) groups is 1. The normalized spacial score (nSPS) is 17.6. The Hall–Kier alpha value is -1.07. The second kappa shape index (κ2) is 6.91. The highest BCUT2D eigenvalue weighted by molar-refractivity contribution is 5.86. The first-order valence-corrected chi connectivity index (χ1v) is 6.65. The zero-order valence-corrected chi connectivity index (χ0v) is 12.1. The summed E-state index contributed by atoms with van der Waals surface area (Å²) < 4.78 is 5.44. The monoisotopic (exact) mass is 287 g/mol. The van der Waals surface area contributed by atoms with Gasteiger partial charge in [-0.1, -0.05) is 26.2 Å². The number of nitrogens with one attached hydrogen (secondary N) is 1. The second-order valence-electron chi connectivity index (χ2n) is 4.97. The lowest BCUT2D eigenvalue weighted by atomic mass is 9.82. The molecule has 1 saturated carbocycles. The van der Waals surface area contributed by atoms with E-state index in [-0.39, 0.29) is 18.3 Å². The van der Waals surface area contributed by atoms with Gasteiger partial charge in [0.2, 0.25) is 11.8 Å². The summed E-state index contributed by atoms with van der Waals surface area (Å²) in [5, 5.41) is 2.83. The quantitative estimate of drug-likeness (QED) is 0.887. The fraction of sp³-hybridized carbons (Fsp3) is 0.692. The highest BCUT2D eigenvalue weighted by Gasteiger charge is 2.35. The highest BCUT2D eigenvalue weighted by Crippen LogP contribution is 2.26. The van der Waals surface area contributed by atoms with Crippen molar-refractivity contribution in [2.24, 2.45) is 5.73 Å². The SMILES string of the molecule is CCc1cnc(CNC(=O)C2(N)CCCCC2)o1.Cl. The van der Waals surface area contributed by atoms with Crippen LogP contribution in [-0.2, 0) is 17.8 Å². The number of halogens is 1. The van der Waals surface area contributed by atoms with Crippen molar-refractivity contribution in [2.75, 3.05) is 0 Å². The smallest absolute Gasteiger partial charge is 0.240 e. The van der Waals surface area contributed by atoms with Gasteiger partial charge >= 0.3 is 0 Å². The number of rotatable bonds is 4. The van der Waals surface area contributed by atoms with Crippen molar-refractivity contribution in [1.29, 1.82) is 0 Å². The van der Waals surface area contributed by atoms with Gasteiger partial charge in [-0.15, -0.1) is 12.4 Å². The van der Waals surface area contributed by atoms with E-state index in [2.05, 4.69) is 10.3 Å². The molecule has 1 fully saturated rings. The molecule has 3 N–H and O–H groups in total. The minimum atomic E-state index is -0.696. The van der Waals surface area contributed by atoms with E-state index >= 15 is 0 Å².